The van der Waals surface area contributed by atoms with E-state index in [2.05, 4.69) is 25.8 Å². The maximum Gasteiger partial charge on any atom is 0.319 e. The van der Waals surface area contributed by atoms with Crippen molar-refractivity contribution in [1.29, 1.82) is 0 Å². The fraction of sp³-hybridized carbons (Fsp3) is 0.389. The van der Waals surface area contributed by atoms with Crippen molar-refractivity contribution in [2.24, 2.45) is 0 Å². The lowest BCUT2D eigenvalue weighted by Gasteiger charge is -2.13. The number of nitrogens with one attached hydrogen (secondary N) is 3. The Morgan fingerprint density at radius 3 is 2.96 bits per heavy atom. The maximum atomic E-state index is 12.2. The summed E-state index contributed by atoms with van der Waals surface area (Å²) in [7, 11) is 0. The number of anilines is 1. The second-order valence-corrected chi connectivity index (χ2v) is 6.75. The highest BCUT2D eigenvalue weighted by atomic mass is 16.3. The first-order valence-corrected chi connectivity index (χ1v) is 8.56. The number of hydrogen-bond donors (Lipinski definition) is 3. The highest BCUT2D eigenvalue weighted by Gasteiger charge is 2.28. The average molecular weight is 339 g/mol. The summed E-state index contributed by atoms with van der Waals surface area (Å²) in [5.74, 6) is 1.28. The van der Waals surface area contributed by atoms with Crippen molar-refractivity contribution in [1.82, 2.24) is 20.5 Å². The number of benzene rings is 1. The van der Waals surface area contributed by atoms with Crippen LogP contribution in [-0.2, 0) is 6.42 Å². The van der Waals surface area contributed by atoms with Gasteiger partial charge in [-0.05, 0) is 44.9 Å². The van der Waals surface area contributed by atoms with E-state index < -0.39 is 0 Å². The first-order chi connectivity index (χ1) is 12.1. The third-order valence-electron chi connectivity index (χ3n) is 4.24. The number of carbonyl (C=O) groups excluding carboxylic acids is 1. The van der Waals surface area contributed by atoms with Crippen molar-refractivity contribution in [3.05, 3.63) is 41.5 Å². The molecule has 1 aliphatic rings. The molecule has 1 atom stereocenters. The molecule has 0 radical (unpaired) electrons. The monoisotopic (exact) mass is 339 g/mol. The van der Waals surface area contributed by atoms with Gasteiger partial charge in [0.05, 0.1) is 5.69 Å². The van der Waals surface area contributed by atoms with E-state index in [1.165, 1.54) is 0 Å². The smallest absolute Gasteiger partial charge is 0.319 e. The molecule has 1 saturated carbocycles. The van der Waals surface area contributed by atoms with Crippen LogP contribution in [0.4, 0.5) is 10.5 Å². The summed E-state index contributed by atoms with van der Waals surface area (Å²) < 4.78 is 5.78. The van der Waals surface area contributed by atoms with Gasteiger partial charge in [0, 0.05) is 35.8 Å². The lowest BCUT2D eigenvalue weighted by Crippen LogP contribution is -2.37. The summed E-state index contributed by atoms with van der Waals surface area (Å²) in [6.45, 7) is 3.90. The summed E-state index contributed by atoms with van der Waals surface area (Å²) in [6, 6.07) is 7.22. The zero-order valence-electron chi connectivity index (χ0n) is 14.3. The van der Waals surface area contributed by atoms with Gasteiger partial charge >= 0.3 is 6.03 Å². The molecule has 3 N–H and O–H groups in total. The minimum atomic E-state index is -0.249. The quantitative estimate of drug-likeness (QED) is 0.663. The topological polar surface area (TPSA) is 95.8 Å². The Balaban J connectivity index is 1.37. The largest absolute Gasteiger partial charge is 0.440 e. The summed E-state index contributed by atoms with van der Waals surface area (Å²) in [6.07, 6.45) is 2.96. The number of aromatic amines is 1. The zero-order valence-corrected chi connectivity index (χ0v) is 14.3. The zero-order chi connectivity index (χ0) is 17.4. The summed E-state index contributed by atoms with van der Waals surface area (Å²) >= 11 is 0. The third kappa shape index (κ3) is 3.65. The van der Waals surface area contributed by atoms with Gasteiger partial charge in [0.25, 0.3) is 0 Å². The molecular formula is C18H21N5O2. The van der Waals surface area contributed by atoms with Crippen LogP contribution in [0, 0.1) is 6.92 Å². The standard InChI is InChI=1S/C18H21N5O2/c1-10(7-14-8-11(2)22-23-14)19-18(24)20-13-5-6-15-16(9-13)25-17(21-15)12-3-4-12/h5-6,8-10,12H,3-4,7H2,1-2H3,(H,22,23)(H2,19,20,24)/t10-/m1/s1. The van der Waals surface area contributed by atoms with Crippen LogP contribution in [0.25, 0.3) is 11.1 Å². The SMILES string of the molecule is Cc1cc(C[C@@H](C)NC(=O)Nc2ccc3nc(C4CC4)oc3c2)n[nH]1. The predicted molar refractivity (Wildman–Crippen MR) is 94.6 cm³/mol. The van der Waals surface area contributed by atoms with Gasteiger partial charge in [-0.2, -0.15) is 5.10 Å². The number of aryl methyl sites for hydroxylation is 1. The molecule has 130 valence electrons. The molecule has 1 fully saturated rings. The Hall–Kier alpha value is -2.83. The Morgan fingerprint density at radius 2 is 2.24 bits per heavy atom. The van der Waals surface area contributed by atoms with Crippen molar-refractivity contribution >= 4 is 22.8 Å². The molecule has 0 saturated heterocycles. The van der Waals surface area contributed by atoms with Gasteiger partial charge in [-0.1, -0.05) is 0 Å². The maximum absolute atomic E-state index is 12.2. The van der Waals surface area contributed by atoms with Gasteiger partial charge < -0.3 is 15.1 Å². The van der Waals surface area contributed by atoms with E-state index in [-0.39, 0.29) is 12.1 Å². The second-order valence-electron chi connectivity index (χ2n) is 6.75. The molecule has 0 spiro atoms. The van der Waals surface area contributed by atoms with Gasteiger partial charge in [0.1, 0.15) is 5.52 Å². The number of rotatable bonds is 5. The third-order valence-corrected chi connectivity index (χ3v) is 4.24. The summed E-state index contributed by atoms with van der Waals surface area (Å²) in [5.41, 5.74) is 4.17. The molecule has 25 heavy (non-hydrogen) atoms. The van der Waals surface area contributed by atoms with E-state index in [4.69, 9.17) is 4.42 Å². The van der Waals surface area contributed by atoms with Crippen molar-refractivity contribution in [2.75, 3.05) is 5.32 Å². The van der Waals surface area contributed by atoms with Gasteiger partial charge in [0.2, 0.25) is 0 Å². The molecule has 1 aromatic carbocycles. The molecule has 3 aromatic rings. The predicted octanol–water partition coefficient (Wildman–Crippen LogP) is 3.49. The molecule has 7 nitrogen and oxygen atoms in total. The number of amides is 2. The lowest BCUT2D eigenvalue weighted by atomic mass is 10.2. The first-order valence-electron chi connectivity index (χ1n) is 8.56. The molecule has 2 amide bonds. The van der Waals surface area contributed by atoms with Crippen molar-refractivity contribution in [3.63, 3.8) is 0 Å². The number of hydrogen-bond acceptors (Lipinski definition) is 4. The molecule has 4 rings (SSSR count). The fourth-order valence-corrected chi connectivity index (χ4v) is 2.86. The summed E-state index contributed by atoms with van der Waals surface area (Å²) in [5, 5.41) is 12.9. The molecule has 7 heteroatoms. The number of aromatic nitrogens is 3. The molecule has 2 heterocycles. The van der Waals surface area contributed by atoms with E-state index in [1.54, 1.807) is 0 Å². The van der Waals surface area contributed by atoms with E-state index in [0.29, 0.717) is 23.6 Å². The Bertz CT molecular complexity index is 909. The van der Waals surface area contributed by atoms with Crippen LogP contribution in [-0.4, -0.2) is 27.3 Å². The number of H-pyrrole nitrogens is 1. The van der Waals surface area contributed by atoms with Crippen molar-refractivity contribution in [2.45, 2.75) is 45.1 Å². The van der Waals surface area contributed by atoms with E-state index in [0.717, 1.165) is 35.6 Å². The van der Waals surface area contributed by atoms with Crippen LogP contribution >= 0.6 is 0 Å². The number of nitrogens with zero attached hydrogens (tertiary/aromatic N) is 2. The Morgan fingerprint density at radius 1 is 1.40 bits per heavy atom. The van der Waals surface area contributed by atoms with E-state index in [1.807, 2.05) is 38.1 Å². The molecule has 2 aromatic heterocycles. The molecular weight excluding hydrogens is 318 g/mol. The van der Waals surface area contributed by atoms with Crippen molar-refractivity contribution in [3.8, 4) is 0 Å². The van der Waals surface area contributed by atoms with Crippen LogP contribution in [0.2, 0.25) is 0 Å². The summed E-state index contributed by atoms with van der Waals surface area (Å²) in [4.78, 5) is 16.7. The Labute approximate surface area is 145 Å². The van der Waals surface area contributed by atoms with Crippen LogP contribution < -0.4 is 10.6 Å². The van der Waals surface area contributed by atoms with Crippen molar-refractivity contribution < 1.29 is 9.21 Å². The second kappa shape index (κ2) is 6.23. The lowest BCUT2D eigenvalue weighted by molar-refractivity contribution is 0.249. The van der Waals surface area contributed by atoms with Crippen LogP contribution in [0.3, 0.4) is 0 Å². The van der Waals surface area contributed by atoms with Gasteiger partial charge in [-0.15, -0.1) is 0 Å². The van der Waals surface area contributed by atoms with Gasteiger partial charge in [-0.25, -0.2) is 9.78 Å². The van der Waals surface area contributed by atoms with Crippen LogP contribution in [0.5, 0.6) is 0 Å². The van der Waals surface area contributed by atoms with Gasteiger partial charge in [0.15, 0.2) is 11.5 Å². The molecule has 0 unspecified atom stereocenters. The highest BCUT2D eigenvalue weighted by molar-refractivity contribution is 5.91. The molecule has 0 aliphatic heterocycles. The number of oxazole rings is 1. The van der Waals surface area contributed by atoms with E-state index in [9.17, 15) is 4.79 Å². The minimum Gasteiger partial charge on any atom is -0.440 e. The van der Waals surface area contributed by atoms with Crippen LogP contribution in [0.15, 0.2) is 28.7 Å². The number of urea groups is 1. The minimum absolute atomic E-state index is 0.0295. The average Bonchev–Trinajstić information content (AvgIpc) is 3.20. The highest BCUT2D eigenvalue weighted by Crippen LogP contribution is 2.40. The van der Waals surface area contributed by atoms with Gasteiger partial charge in [-0.3, -0.25) is 5.10 Å². The van der Waals surface area contributed by atoms with E-state index >= 15 is 0 Å². The Kier molecular flexibility index (Phi) is 3.91. The van der Waals surface area contributed by atoms with Crippen LogP contribution in [0.1, 0.15) is 43.0 Å². The number of fused-ring (bicyclic) bond motifs is 1. The number of carbonyl (C=O) groups is 1. The molecule has 0 bridgehead atoms. The first kappa shape index (κ1) is 15.7. The normalized spacial score (nSPS) is 15.3. The molecule has 1 aliphatic carbocycles. The fourth-order valence-electron chi connectivity index (χ4n) is 2.86.